The third-order valence-electron chi connectivity index (χ3n) is 3.27. The third kappa shape index (κ3) is 2.91. The van der Waals surface area contributed by atoms with E-state index in [1.54, 1.807) is 19.0 Å². The van der Waals surface area contributed by atoms with Crippen LogP contribution in [0.3, 0.4) is 0 Å². The summed E-state index contributed by atoms with van der Waals surface area (Å²) in [5.41, 5.74) is 0. The Morgan fingerprint density at radius 1 is 1.50 bits per heavy atom. The number of hydrogen-bond acceptors (Lipinski definition) is 5. The van der Waals surface area contributed by atoms with Gasteiger partial charge in [-0.3, -0.25) is 9.69 Å². The van der Waals surface area contributed by atoms with Crippen molar-refractivity contribution in [2.24, 2.45) is 0 Å². The molecule has 2 aliphatic rings. The molecule has 2 amide bonds. The number of nitrogens with one attached hydrogen (secondary N) is 2. The van der Waals surface area contributed by atoms with Crippen LogP contribution in [0.1, 0.15) is 0 Å². The van der Waals surface area contributed by atoms with Crippen LogP contribution in [0.2, 0.25) is 0 Å². The number of alkyl carbamates (subject to hydrolysis) is 1. The zero-order valence-electron chi connectivity index (χ0n) is 10.8. The fourth-order valence-corrected chi connectivity index (χ4v) is 2.30. The first-order valence-corrected chi connectivity index (χ1v) is 6.18. The van der Waals surface area contributed by atoms with Crippen molar-refractivity contribution in [1.82, 2.24) is 20.4 Å². The number of carbonyl (C=O) groups excluding carboxylic acids is 2. The van der Waals surface area contributed by atoms with E-state index >= 15 is 0 Å². The van der Waals surface area contributed by atoms with Crippen LogP contribution >= 0.6 is 0 Å². The van der Waals surface area contributed by atoms with Crippen molar-refractivity contribution in [3.63, 3.8) is 0 Å². The van der Waals surface area contributed by atoms with Crippen molar-refractivity contribution in [2.75, 3.05) is 46.8 Å². The minimum Gasteiger partial charge on any atom is -0.443 e. The number of nitrogens with zero attached hydrogens (tertiary/aromatic N) is 2. The molecule has 0 spiro atoms. The third-order valence-corrected chi connectivity index (χ3v) is 3.27. The number of carbonyl (C=O) groups is 2. The Morgan fingerprint density at radius 2 is 2.28 bits per heavy atom. The van der Waals surface area contributed by atoms with Gasteiger partial charge in [0, 0.05) is 40.3 Å². The quantitative estimate of drug-likeness (QED) is 0.640. The molecular formula is C11H20N4O3. The molecule has 102 valence electrons. The summed E-state index contributed by atoms with van der Waals surface area (Å²) in [6, 6.07) is -0.173. The number of cyclic esters (lactones) is 1. The number of rotatable bonds is 3. The maximum atomic E-state index is 12.1. The molecule has 0 saturated carbocycles. The SMILES string of the molecule is CN(C)C(=O)C1CNCCN1CC1CNC(=O)O1. The Balaban J connectivity index is 1.95. The highest BCUT2D eigenvalue weighted by Crippen LogP contribution is 2.10. The largest absolute Gasteiger partial charge is 0.443 e. The summed E-state index contributed by atoms with van der Waals surface area (Å²) in [5, 5.41) is 5.85. The molecule has 0 aromatic rings. The Kier molecular flexibility index (Phi) is 4.03. The van der Waals surface area contributed by atoms with Crippen LogP contribution in [-0.2, 0) is 9.53 Å². The van der Waals surface area contributed by atoms with Gasteiger partial charge in [0.1, 0.15) is 12.1 Å². The predicted octanol–water partition coefficient (Wildman–Crippen LogP) is -1.54. The fourth-order valence-electron chi connectivity index (χ4n) is 2.30. The summed E-state index contributed by atoms with van der Waals surface area (Å²) in [6.07, 6.45) is -0.529. The minimum absolute atomic E-state index is 0.0829. The molecule has 0 aliphatic carbocycles. The molecule has 2 fully saturated rings. The van der Waals surface area contributed by atoms with E-state index in [0.29, 0.717) is 19.6 Å². The normalized spacial score (nSPS) is 28.7. The average Bonchev–Trinajstić information content (AvgIpc) is 2.74. The lowest BCUT2D eigenvalue weighted by Crippen LogP contribution is -2.59. The van der Waals surface area contributed by atoms with Crippen LogP contribution in [0, 0.1) is 0 Å². The van der Waals surface area contributed by atoms with Gasteiger partial charge in [0.25, 0.3) is 0 Å². The average molecular weight is 256 g/mol. The molecule has 7 heteroatoms. The first-order chi connectivity index (χ1) is 8.58. The first-order valence-electron chi connectivity index (χ1n) is 6.18. The molecule has 0 radical (unpaired) electrons. The number of piperazine rings is 1. The second-order valence-corrected chi connectivity index (χ2v) is 4.86. The van der Waals surface area contributed by atoms with Crippen molar-refractivity contribution < 1.29 is 14.3 Å². The van der Waals surface area contributed by atoms with Crippen LogP contribution in [0.4, 0.5) is 4.79 Å². The molecule has 18 heavy (non-hydrogen) atoms. The van der Waals surface area contributed by atoms with Crippen LogP contribution < -0.4 is 10.6 Å². The van der Waals surface area contributed by atoms with Crippen molar-refractivity contribution in [2.45, 2.75) is 12.1 Å². The smallest absolute Gasteiger partial charge is 0.407 e. The van der Waals surface area contributed by atoms with E-state index in [0.717, 1.165) is 13.1 Å². The van der Waals surface area contributed by atoms with Crippen LogP contribution in [0.15, 0.2) is 0 Å². The van der Waals surface area contributed by atoms with Gasteiger partial charge in [-0.1, -0.05) is 0 Å². The molecule has 0 bridgehead atoms. The monoisotopic (exact) mass is 256 g/mol. The molecule has 0 aromatic carbocycles. The van der Waals surface area contributed by atoms with Crippen LogP contribution in [0.5, 0.6) is 0 Å². The minimum atomic E-state index is -0.370. The maximum Gasteiger partial charge on any atom is 0.407 e. The van der Waals surface area contributed by atoms with E-state index in [4.69, 9.17) is 4.74 Å². The number of hydrogen-bond donors (Lipinski definition) is 2. The van der Waals surface area contributed by atoms with Crippen molar-refractivity contribution in [1.29, 1.82) is 0 Å². The number of amides is 2. The Labute approximate surface area is 106 Å². The molecule has 2 saturated heterocycles. The van der Waals surface area contributed by atoms with E-state index < -0.39 is 0 Å². The molecule has 2 rings (SSSR count). The lowest BCUT2D eigenvalue weighted by molar-refractivity contribution is -0.135. The van der Waals surface area contributed by atoms with Crippen molar-refractivity contribution >= 4 is 12.0 Å². The van der Waals surface area contributed by atoms with Gasteiger partial charge < -0.3 is 20.3 Å². The molecule has 2 aliphatic heterocycles. The van der Waals surface area contributed by atoms with Gasteiger partial charge >= 0.3 is 6.09 Å². The fraction of sp³-hybridized carbons (Fsp3) is 0.818. The van der Waals surface area contributed by atoms with Gasteiger partial charge in [0.2, 0.25) is 5.91 Å². The number of likely N-dealkylation sites (N-methyl/N-ethyl adjacent to an activating group) is 1. The van der Waals surface area contributed by atoms with Gasteiger partial charge in [-0.25, -0.2) is 4.79 Å². The second kappa shape index (κ2) is 5.53. The zero-order valence-corrected chi connectivity index (χ0v) is 10.8. The topological polar surface area (TPSA) is 73.9 Å². The molecule has 0 aromatic heterocycles. The van der Waals surface area contributed by atoms with Gasteiger partial charge in [0.05, 0.1) is 6.54 Å². The van der Waals surface area contributed by atoms with E-state index in [1.807, 2.05) is 0 Å². The molecule has 7 nitrogen and oxygen atoms in total. The summed E-state index contributed by atoms with van der Waals surface area (Å²) in [6.45, 7) is 3.41. The molecule has 2 N–H and O–H groups in total. The summed E-state index contributed by atoms with van der Waals surface area (Å²) < 4.78 is 5.12. The lowest BCUT2D eigenvalue weighted by Gasteiger charge is -2.37. The molecule has 2 atom stereocenters. The standard InChI is InChI=1S/C11H20N4O3/c1-14(2)10(16)9-6-12-3-4-15(9)7-8-5-13-11(17)18-8/h8-9,12H,3-7H2,1-2H3,(H,13,17). The zero-order chi connectivity index (χ0) is 13.1. The second-order valence-electron chi connectivity index (χ2n) is 4.86. The van der Waals surface area contributed by atoms with Crippen molar-refractivity contribution in [3.8, 4) is 0 Å². The van der Waals surface area contributed by atoms with Crippen LogP contribution in [0.25, 0.3) is 0 Å². The van der Waals surface area contributed by atoms with Gasteiger partial charge in [-0.15, -0.1) is 0 Å². The highest BCUT2D eigenvalue weighted by Gasteiger charge is 2.33. The van der Waals surface area contributed by atoms with Crippen LogP contribution in [-0.4, -0.2) is 80.8 Å². The molecule has 2 heterocycles. The summed E-state index contributed by atoms with van der Waals surface area (Å²) >= 11 is 0. The molecular weight excluding hydrogens is 236 g/mol. The molecule has 2 unspecified atom stereocenters. The number of ether oxygens (including phenoxy) is 1. The Bertz CT molecular complexity index is 334. The maximum absolute atomic E-state index is 12.1. The summed E-state index contributed by atoms with van der Waals surface area (Å²) in [7, 11) is 3.51. The van der Waals surface area contributed by atoms with E-state index in [1.165, 1.54) is 0 Å². The first kappa shape index (κ1) is 13.1. The summed E-state index contributed by atoms with van der Waals surface area (Å²) in [5.74, 6) is 0.0829. The van der Waals surface area contributed by atoms with Gasteiger partial charge in [0.15, 0.2) is 0 Å². The van der Waals surface area contributed by atoms with E-state index in [2.05, 4.69) is 15.5 Å². The Hall–Kier alpha value is -1.34. The van der Waals surface area contributed by atoms with E-state index in [9.17, 15) is 9.59 Å². The van der Waals surface area contributed by atoms with E-state index in [-0.39, 0.29) is 24.1 Å². The highest BCUT2D eigenvalue weighted by atomic mass is 16.6. The highest BCUT2D eigenvalue weighted by molar-refractivity contribution is 5.81. The predicted molar refractivity (Wildman–Crippen MR) is 65.2 cm³/mol. The lowest BCUT2D eigenvalue weighted by atomic mass is 10.1. The summed E-state index contributed by atoms with van der Waals surface area (Å²) in [4.78, 5) is 26.7. The van der Waals surface area contributed by atoms with Gasteiger partial charge in [-0.2, -0.15) is 0 Å². The Morgan fingerprint density at radius 3 is 2.89 bits per heavy atom. The van der Waals surface area contributed by atoms with Crippen molar-refractivity contribution in [3.05, 3.63) is 0 Å². The van der Waals surface area contributed by atoms with Gasteiger partial charge in [-0.05, 0) is 0 Å².